The number of thioether (sulfide) groups is 1. The Morgan fingerprint density at radius 3 is 2.52 bits per heavy atom. The molecule has 1 aromatic heterocycles. The van der Waals surface area contributed by atoms with Gasteiger partial charge in [-0.1, -0.05) is 40.5 Å². The van der Waals surface area contributed by atoms with Gasteiger partial charge in [-0.15, -0.1) is 16.9 Å². The van der Waals surface area contributed by atoms with E-state index in [9.17, 15) is 4.79 Å². The zero-order chi connectivity index (χ0) is 17.8. The molecule has 0 radical (unpaired) electrons. The van der Waals surface area contributed by atoms with E-state index in [0.29, 0.717) is 5.89 Å². The molecule has 5 nitrogen and oxygen atoms in total. The topological polar surface area (TPSA) is 68.0 Å². The Balaban J connectivity index is 1.62. The van der Waals surface area contributed by atoms with Gasteiger partial charge in [0.15, 0.2) is 0 Å². The third kappa shape index (κ3) is 4.48. The standard InChI is InChI=1S/C19H19N3O2S/c1-12-5-8-15(9-6-12)25-11-17(23)20-19-22-21-18(24-19)16-10-13(2)4-7-14(16)3/h4-10H,11H2,1-3H3,(H,20,22,23). The fourth-order valence-corrected chi connectivity index (χ4v) is 2.99. The molecular weight excluding hydrogens is 334 g/mol. The Bertz CT molecular complexity index is 888. The molecule has 1 N–H and O–H groups in total. The second-order valence-corrected chi connectivity index (χ2v) is 6.93. The molecule has 128 valence electrons. The highest BCUT2D eigenvalue weighted by atomic mass is 32.2. The lowest BCUT2D eigenvalue weighted by atomic mass is 10.1. The first-order chi connectivity index (χ1) is 12.0. The Hall–Kier alpha value is -2.60. The van der Waals surface area contributed by atoms with Gasteiger partial charge >= 0.3 is 6.01 Å². The highest BCUT2D eigenvalue weighted by Gasteiger charge is 2.13. The van der Waals surface area contributed by atoms with Gasteiger partial charge in [-0.05, 0) is 44.5 Å². The molecule has 0 aliphatic rings. The quantitative estimate of drug-likeness (QED) is 0.689. The number of hydrogen-bond donors (Lipinski definition) is 1. The molecule has 3 aromatic rings. The second kappa shape index (κ2) is 7.53. The van der Waals surface area contributed by atoms with Gasteiger partial charge in [0.1, 0.15) is 0 Å². The van der Waals surface area contributed by atoms with Crippen molar-refractivity contribution in [3.63, 3.8) is 0 Å². The van der Waals surface area contributed by atoms with E-state index in [2.05, 4.69) is 15.5 Å². The molecule has 0 saturated heterocycles. The summed E-state index contributed by atoms with van der Waals surface area (Å²) in [5.74, 6) is 0.508. The van der Waals surface area contributed by atoms with Crippen molar-refractivity contribution in [1.29, 1.82) is 0 Å². The minimum absolute atomic E-state index is 0.116. The van der Waals surface area contributed by atoms with Crippen LogP contribution in [0.3, 0.4) is 0 Å². The van der Waals surface area contributed by atoms with Gasteiger partial charge in [-0.3, -0.25) is 10.1 Å². The molecule has 0 spiro atoms. The number of rotatable bonds is 5. The van der Waals surface area contributed by atoms with E-state index in [1.54, 1.807) is 0 Å². The van der Waals surface area contributed by atoms with E-state index < -0.39 is 0 Å². The first kappa shape index (κ1) is 17.2. The smallest absolute Gasteiger partial charge is 0.322 e. The summed E-state index contributed by atoms with van der Waals surface area (Å²) in [4.78, 5) is 13.1. The van der Waals surface area contributed by atoms with Crippen LogP contribution in [0.4, 0.5) is 6.01 Å². The van der Waals surface area contributed by atoms with Crippen molar-refractivity contribution in [3.8, 4) is 11.5 Å². The van der Waals surface area contributed by atoms with Gasteiger partial charge in [-0.25, -0.2) is 0 Å². The Morgan fingerprint density at radius 1 is 1.04 bits per heavy atom. The third-order valence-electron chi connectivity index (χ3n) is 3.69. The molecule has 0 saturated carbocycles. The predicted molar refractivity (Wildman–Crippen MR) is 99.7 cm³/mol. The van der Waals surface area contributed by atoms with E-state index in [4.69, 9.17) is 4.42 Å². The zero-order valence-corrected chi connectivity index (χ0v) is 15.2. The van der Waals surface area contributed by atoms with Crippen LogP contribution in [-0.4, -0.2) is 21.9 Å². The largest absolute Gasteiger partial charge is 0.403 e. The van der Waals surface area contributed by atoms with Crippen LogP contribution in [0.2, 0.25) is 0 Å². The van der Waals surface area contributed by atoms with Crippen LogP contribution in [0.15, 0.2) is 51.8 Å². The molecule has 6 heteroatoms. The van der Waals surface area contributed by atoms with Gasteiger partial charge in [0.2, 0.25) is 11.8 Å². The SMILES string of the molecule is Cc1ccc(SCC(=O)Nc2nnc(-c3cc(C)ccc3C)o2)cc1. The summed E-state index contributed by atoms with van der Waals surface area (Å²) in [7, 11) is 0. The van der Waals surface area contributed by atoms with Crippen LogP contribution < -0.4 is 5.32 Å². The van der Waals surface area contributed by atoms with E-state index in [0.717, 1.165) is 21.6 Å². The highest BCUT2D eigenvalue weighted by molar-refractivity contribution is 8.00. The molecule has 1 heterocycles. The van der Waals surface area contributed by atoms with E-state index in [-0.39, 0.29) is 17.7 Å². The summed E-state index contributed by atoms with van der Waals surface area (Å²) in [5.41, 5.74) is 4.22. The van der Waals surface area contributed by atoms with Crippen molar-refractivity contribution >= 4 is 23.7 Å². The lowest BCUT2D eigenvalue weighted by molar-refractivity contribution is -0.113. The van der Waals surface area contributed by atoms with E-state index in [1.165, 1.54) is 17.3 Å². The first-order valence-corrected chi connectivity index (χ1v) is 8.90. The second-order valence-electron chi connectivity index (χ2n) is 5.88. The van der Waals surface area contributed by atoms with Crippen LogP contribution in [0.1, 0.15) is 16.7 Å². The fourth-order valence-electron chi connectivity index (χ4n) is 2.29. The number of hydrogen-bond acceptors (Lipinski definition) is 5. The van der Waals surface area contributed by atoms with Crippen LogP contribution in [0.25, 0.3) is 11.5 Å². The number of aryl methyl sites for hydroxylation is 3. The predicted octanol–water partition coefficient (Wildman–Crippen LogP) is 4.39. The normalized spacial score (nSPS) is 10.7. The van der Waals surface area contributed by atoms with Gasteiger partial charge in [-0.2, -0.15) is 0 Å². The number of nitrogens with zero attached hydrogens (tertiary/aromatic N) is 2. The number of anilines is 1. The number of carbonyl (C=O) groups is 1. The Kier molecular flexibility index (Phi) is 5.19. The van der Waals surface area contributed by atoms with Crippen LogP contribution in [0.5, 0.6) is 0 Å². The van der Waals surface area contributed by atoms with E-state index >= 15 is 0 Å². The number of carbonyl (C=O) groups excluding carboxylic acids is 1. The van der Waals surface area contributed by atoms with Gasteiger partial charge < -0.3 is 4.42 Å². The molecule has 0 aliphatic carbocycles. The minimum atomic E-state index is -0.179. The maximum Gasteiger partial charge on any atom is 0.322 e. The minimum Gasteiger partial charge on any atom is -0.403 e. The number of amides is 1. The van der Waals surface area contributed by atoms with Crippen molar-refractivity contribution < 1.29 is 9.21 Å². The Labute approximate surface area is 150 Å². The molecule has 3 rings (SSSR count). The maximum atomic E-state index is 12.1. The third-order valence-corrected chi connectivity index (χ3v) is 4.70. The summed E-state index contributed by atoms with van der Waals surface area (Å²) in [6, 6.07) is 14.2. The van der Waals surface area contributed by atoms with Gasteiger partial charge in [0.05, 0.1) is 5.75 Å². The summed E-state index contributed by atoms with van der Waals surface area (Å²) in [5, 5.41) is 10.6. The molecule has 2 aromatic carbocycles. The van der Waals surface area contributed by atoms with Gasteiger partial charge in [0, 0.05) is 10.5 Å². The average molecular weight is 353 g/mol. The van der Waals surface area contributed by atoms with E-state index in [1.807, 2.05) is 63.2 Å². The van der Waals surface area contributed by atoms with Crippen molar-refractivity contribution in [1.82, 2.24) is 10.2 Å². The monoisotopic (exact) mass is 353 g/mol. The molecule has 0 fully saturated rings. The number of benzene rings is 2. The van der Waals surface area contributed by atoms with Crippen molar-refractivity contribution in [2.24, 2.45) is 0 Å². The molecule has 0 unspecified atom stereocenters. The van der Waals surface area contributed by atoms with Crippen LogP contribution >= 0.6 is 11.8 Å². The first-order valence-electron chi connectivity index (χ1n) is 7.92. The summed E-state index contributed by atoms with van der Waals surface area (Å²) in [6.45, 7) is 6.02. The lowest BCUT2D eigenvalue weighted by Gasteiger charge is -2.03. The van der Waals surface area contributed by atoms with Crippen molar-refractivity contribution in [2.45, 2.75) is 25.7 Å². The molecule has 0 atom stereocenters. The van der Waals surface area contributed by atoms with Crippen molar-refractivity contribution in [3.05, 3.63) is 59.2 Å². The average Bonchev–Trinajstić information content (AvgIpc) is 3.05. The zero-order valence-electron chi connectivity index (χ0n) is 14.4. The van der Waals surface area contributed by atoms with Crippen molar-refractivity contribution in [2.75, 3.05) is 11.1 Å². The van der Waals surface area contributed by atoms with Crippen LogP contribution in [-0.2, 0) is 4.79 Å². The molecule has 0 aliphatic heterocycles. The molecule has 0 bridgehead atoms. The maximum absolute atomic E-state index is 12.1. The lowest BCUT2D eigenvalue weighted by Crippen LogP contribution is -2.14. The Morgan fingerprint density at radius 2 is 1.76 bits per heavy atom. The molecule has 25 heavy (non-hydrogen) atoms. The van der Waals surface area contributed by atoms with Gasteiger partial charge in [0.25, 0.3) is 0 Å². The fraction of sp³-hybridized carbons (Fsp3) is 0.211. The molecular formula is C19H19N3O2S. The molecule has 1 amide bonds. The summed E-state index contributed by atoms with van der Waals surface area (Å²) in [6.07, 6.45) is 0. The number of aromatic nitrogens is 2. The highest BCUT2D eigenvalue weighted by Crippen LogP contribution is 2.25. The summed E-state index contributed by atoms with van der Waals surface area (Å²) >= 11 is 1.46. The summed E-state index contributed by atoms with van der Waals surface area (Å²) < 4.78 is 5.58. The van der Waals surface area contributed by atoms with Crippen LogP contribution in [0, 0.1) is 20.8 Å². The number of nitrogens with one attached hydrogen (secondary N) is 1.